The van der Waals surface area contributed by atoms with Crippen LogP contribution in [-0.2, 0) is 9.53 Å². The highest BCUT2D eigenvalue weighted by atomic mass is 35.5. The fraction of sp³-hybridized carbons (Fsp3) is 0.800. The maximum absolute atomic E-state index is 10.4. The van der Waals surface area contributed by atoms with Crippen LogP contribution in [0.25, 0.3) is 0 Å². The van der Waals surface area contributed by atoms with Crippen LogP contribution >= 0.6 is 11.6 Å². The summed E-state index contributed by atoms with van der Waals surface area (Å²) in [4.78, 5) is 10.4. The van der Waals surface area contributed by atoms with Gasteiger partial charge in [-0.2, -0.15) is 0 Å². The van der Waals surface area contributed by atoms with Crippen molar-refractivity contribution in [3.63, 3.8) is 0 Å². The summed E-state index contributed by atoms with van der Waals surface area (Å²) in [5, 5.41) is -0.472. The maximum Gasteiger partial charge on any atom is 0.323 e. The van der Waals surface area contributed by atoms with Gasteiger partial charge in [-0.05, 0) is 6.42 Å². The van der Waals surface area contributed by atoms with Gasteiger partial charge in [0.25, 0.3) is 0 Å². The van der Waals surface area contributed by atoms with Gasteiger partial charge in [0.1, 0.15) is 5.38 Å². The second-order valence-corrected chi connectivity index (χ2v) is 1.93. The fourth-order valence-electron chi connectivity index (χ4n) is 0.295. The summed E-state index contributed by atoms with van der Waals surface area (Å²) < 4.78 is 4.33. The lowest BCUT2D eigenvalue weighted by Gasteiger charge is -2.00. The van der Waals surface area contributed by atoms with E-state index in [4.69, 9.17) is 11.6 Å². The van der Waals surface area contributed by atoms with Crippen LogP contribution in [-0.4, -0.2) is 18.5 Å². The molecule has 0 aromatic heterocycles. The van der Waals surface area contributed by atoms with Crippen molar-refractivity contribution in [3.8, 4) is 0 Å². The summed E-state index contributed by atoms with van der Waals surface area (Å²) in [5.74, 6) is -0.353. The number of rotatable bonds is 2. The van der Waals surface area contributed by atoms with Crippen LogP contribution in [0.15, 0.2) is 0 Å². The Morgan fingerprint density at radius 3 is 2.50 bits per heavy atom. The molecule has 0 aliphatic rings. The standard InChI is InChI=1S/C5H9ClO2/c1-3-4(6)5(7)8-2/h4H,3H2,1-2H3/t4-/m0/s1. The Morgan fingerprint density at radius 2 is 2.38 bits per heavy atom. The van der Waals surface area contributed by atoms with Gasteiger partial charge in [-0.15, -0.1) is 11.6 Å². The molecule has 0 rings (SSSR count). The molecule has 0 aromatic carbocycles. The van der Waals surface area contributed by atoms with Crippen molar-refractivity contribution >= 4 is 17.6 Å². The van der Waals surface area contributed by atoms with Crippen molar-refractivity contribution in [2.75, 3.05) is 7.11 Å². The second-order valence-electron chi connectivity index (χ2n) is 1.40. The number of carbonyl (C=O) groups is 1. The summed E-state index contributed by atoms with van der Waals surface area (Å²) in [6, 6.07) is 0. The van der Waals surface area contributed by atoms with Crippen LogP contribution in [0.3, 0.4) is 0 Å². The molecule has 0 saturated carbocycles. The monoisotopic (exact) mass is 136 g/mol. The first-order chi connectivity index (χ1) is 3.72. The highest BCUT2D eigenvalue weighted by Gasteiger charge is 2.11. The van der Waals surface area contributed by atoms with E-state index >= 15 is 0 Å². The third-order valence-corrected chi connectivity index (χ3v) is 1.30. The third kappa shape index (κ3) is 2.17. The predicted molar refractivity (Wildman–Crippen MR) is 31.9 cm³/mol. The van der Waals surface area contributed by atoms with Crippen molar-refractivity contribution < 1.29 is 9.53 Å². The topological polar surface area (TPSA) is 26.3 Å². The van der Waals surface area contributed by atoms with Crippen LogP contribution < -0.4 is 0 Å². The van der Waals surface area contributed by atoms with Gasteiger partial charge in [0.05, 0.1) is 7.11 Å². The highest BCUT2D eigenvalue weighted by Crippen LogP contribution is 2.01. The molecule has 0 N–H and O–H groups in total. The largest absolute Gasteiger partial charge is 0.468 e. The summed E-state index contributed by atoms with van der Waals surface area (Å²) in [7, 11) is 1.33. The van der Waals surface area contributed by atoms with Crippen molar-refractivity contribution in [3.05, 3.63) is 0 Å². The molecule has 0 aliphatic carbocycles. The van der Waals surface area contributed by atoms with Gasteiger partial charge in [-0.25, -0.2) is 0 Å². The maximum atomic E-state index is 10.4. The van der Waals surface area contributed by atoms with Gasteiger partial charge in [0.15, 0.2) is 0 Å². The fourth-order valence-corrected chi connectivity index (χ4v) is 0.384. The Hall–Kier alpha value is -0.240. The van der Waals surface area contributed by atoms with Gasteiger partial charge in [-0.3, -0.25) is 4.79 Å². The van der Waals surface area contributed by atoms with Crippen molar-refractivity contribution in [2.24, 2.45) is 0 Å². The molecule has 3 heteroatoms. The first kappa shape index (κ1) is 7.76. The van der Waals surface area contributed by atoms with Gasteiger partial charge in [-0.1, -0.05) is 6.92 Å². The number of halogens is 1. The molecule has 0 fully saturated rings. The molecule has 1 atom stereocenters. The molecule has 2 nitrogen and oxygen atoms in total. The van der Waals surface area contributed by atoms with Crippen LogP contribution in [0, 0.1) is 0 Å². The molecule has 0 unspecified atom stereocenters. The van der Waals surface area contributed by atoms with E-state index in [0.29, 0.717) is 6.42 Å². The van der Waals surface area contributed by atoms with Crippen molar-refractivity contribution in [2.45, 2.75) is 18.7 Å². The van der Waals surface area contributed by atoms with E-state index in [1.165, 1.54) is 7.11 Å². The van der Waals surface area contributed by atoms with Crippen LogP contribution in [0.2, 0.25) is 0 Å². The molecular formula is C5H9ClO2. The van der Waals surface area contributed by atoms with Crippen LogP contribution in [0.4, 0.5) is 0 Å². The second kappa shape index (κ2) is 3.72. The molecule has 0 aliphatic heterocycles. The average Bonchev–Trinajstić information content (AvgIpc) is 1.84. The lowest BCUT2D eigenvalue weighted by molar-refractivity contribution is -0.140. The number of hydrogen-bond acceptors (Lipinski definition) is 2. The zero-order valence-corrected chi connectivity index (χ0v) is 5.73. The van der Waals surface area contributed by atoms with Gasteiger partial charge < -0.3 is 4.74 Å². The van der Waals surface area contributed by atoms with E-state index in [0.717, 1.165) is 0 Å². The molecule has 8 heavy (non-hydrogen) atoms. The smallest absolute Gasteiger partial charge is 0.323 e. The Balaban J connectivity index is 3.46. The molecule has 0 aromatic rings. The first-order valence-corrected chi connectivity index (χ1v) is 2.88. The predicted octanol–water partition coefficient (Wildman–Crippen LogP) is 1.18. The van der Waals surface area contributed by atoms with Crippen molar-refractivity contribution in [1.82, 2.24) is 0 Å². The lowest BCUT2D eigenvalue weighted by atomic mass is 10.3. The Kier molecular flexibility index (Phi) is 3.61. The minimum Gasteiger partial charge on any atom is -0.468 e. The van der Waals surface area contributed by atoms with E-state index < -0.39 is 5.38 Å². The molecule has 0 bridgehead atoms. The van der Waals surface area contributed by atoms with E-state index in [-0.39, 0.29) is 5.97 Å². The Morgan fingerprint density at radius 1 is 1.88 bits per heavy atom. The molecule has 0 saturated heterocycles. The number of carbonyl (C=O) groups excluding carboxylic acids is 1. The molecule has 0 radical (unpaired) electrons. The normalized spacial score (nSPS) is 12.9. The lowest BCUT2D eigenvalue weighted by Crippen LogP contribution is -2.14. The van der Waals surface area contributed by atoms with Gasteiger partial charge in [0, 0.05) is 0 Å². The molecule has 0 spiro atoms. The number of ether oxygens (including phenoxy) is 1. The highest BCUT2D eigenvalue weighted by molar-refractivity contribution is 6.29. The third-order valence-electron chi connectivity index (χ3n) is 0.815. The molecule has 0 amide bonds. The minimum absolute atomic E-state index is 0.353. The molecular weight excluding hydrogens is 128 g/mol. The van der Waals surface area contributed by atoms with E-state index in [1.807, 2.05) is 6.92 Å². The zero-order chi connectivity index (χ0) is 6.57. The number of alkyl halides is 1. The minimum atomic E-state index is -0.472. The Labute approximate surface area is 53.8 Å². The summed E-state index contributed by atoms with van der Waals surface area (Å²) in [6.07, 6.45) is 0.619. The van der Waals surface area contributed by atoms with Crippen LogP contribution in [0.5, 0.6) is 0 Å². The number of methoxy groups -OCH3 is 1. The molecule has 48 valence electrons. The van der Waals surface area contributed by atoms with Gasteiger partial charge in [0.2, 0.25) is 0 Å². The van der Waals surface area contributed by atoms with E-state index in [2.05, 4.69) is 4.74 Å². The molecule has 0 heterocycles. The zero-order valence-electron chi connectivity index (χ0n) is 4.98. The van der Waals surface area contributed by atoms with Gasteiger partial charge >= 0.3 is 5.97 Å². The summed E-state index contributed by atoms with van der Waals surface area (Å²) in [6.45, 7) is 1.83. The van der Waals surface area contributed by atoms with Crippen LogP contribution in [0.1, 0.15) is 13.3 Å². The van der Waals surface area contributed by atoms with Crippen molar-refractivity contribution in [1.29, 1.82) is 0 Å². The Bertz CT molecular complexity index is 82.5. The number of esters is 1. The number of hydrogen-bond donors (Lipinski definition) is 0. The van der Waals surface area contributed by atoms with E-state index in [9.17, 15) is 4.79 Å². The first-order valence-electron chi connectivity index (χ1n) is 2.44. The average molecular weight is 137 g/mol. The quantitative estimate of drug-likeness (QED) is 0.421. The SMILES string of the molecule is CC[C@H](Cl)C(=O)OC. The summed E-state index contributed by atoms with van der Waals surface area (Å²) >= 11 is 5.44. The summed E-state index contributed by atoms with van der Waals surface area (Å²) in [5.41, 5.74) is 0. The van der Waals surface area contributed by atoms with E-state index in [1.54, 1.807) is 0 Å².